The lowest BCUT2D eigenvalue weighted by atomic mass is 10.2. The lowest BCUT2D eigenvalue weighted by Crippen LogP contribution is -2.23. The van der Waals surface area contributed by atoms with Gasteiger partial charge in [-0.25, -0.2) is 14.6 Å². The van der Waals surface area contributed by atoms with Crippen molar-refractivity contribution < 1.29 is 28.5 Å². The summed E-state index contributed by atoms with van der Waals surface area (Å²) < 4.78 is 22.2. The van der Waals surface area contributed by atoms with E-state index >= 15 is 0 Å². The molecule has 4 rings (SSSR count). The monoisotopic (exact) mass is 535 g/mol. The zero-order valence-corrected chi connectivity index (χ0v) is 20.8. The average Bonchev–Trinajstić information content (AvgIpc) is 3.43. The number of halogens is 1. The molecule has 35 heavy (non-hydrogen) atoms. The predicted octanol–water partition coefficient (Wildman–Crippen LogP) is 4.54. The number of nitrogens with zero attached hydrogens (tertiary/aromatic N) is 2. The molecule has 3 heterocycles. The molecule has 1 N–H and O–H groups in total. The molecule has 0 aliphatic carbocycles. The Balaban J connectivity index is 1.44. The molecule has 0 spiro atoms. The van der Waals surface area contributed by atoms with Crippen molar-refractivity contribution in [3.63, 3.8) is 0 Å². The first-order valence-corrected chi connectivity index (χ1v) is 12.6. The minimum atomic E-state index is -0.856. The summed E-state index contributed by atoms with van der Waals surface area (Å²) in [6, 6.07) is 8.01. The Kier molecular flexibility index (Phi) is 7.54. The van der Waals surface area contributed by atoms with Crippen LogP contribution >= 0.6 is 32.3 Å². The number of nitrogens with one attached hydrogen (secondary N) is 1. The maximum Gasteiger partial charge on any atom is 0.411 e. The number of carbonyl (C=O) groups is 2. The van der Waals surface area contributed by atoms with Gasteiger partial charge >= 0.3 is 12.1 Å². The minimum Gasteiger partial charge on any atom is -0.497 e. The van der Waals surface area contributed by atoms with Gasteiger partial charge in [0, 0.05) is 17.6 Å². The van der Waals surface area contributed by atoms with Crippen LogP contribution in [0.5, 0.6) is 11.5 Å². The number of anilines is 1. The number of hydrogen-bond donors (Lipinski definition) is 1. The van der Waals surface area contributed by atoms with Gasteiger partial charge in [-0.2, -0.15) is 0 Å². The molecule has 10 nitrogen and oxygen atoms in total. The first-order valence-electron chi connectivity index (χ1n) is 10.00. The molecule has 1 aromatic heterocycles. The van der Waals surface area contributed by atoms with Crippen molar-refractivity contribution >= 4 is 50.0 Å². The summed E-state index contributed by atoms with van der Waals surface area (Å²) in [6.45, 7) is -0.393. The summed E-state index contributed by atoms with van der Waals surface area (Å²) in [5.74, 6) is 0.373. The third-order valence-corrected chi connectivity index (χ3v) is 7.07. The second-order valence-electron chi connectivity index (χ2n) is 6.83. The summed E-state index contributed by atoms with van der Waals surface area (Å²) in [7, 11) is 5.78. The SMILES string of the molecule is COc1ccc(-n2c3cssc-3c(NC(=O)OCCOC(=O)c3ccc(Cl)nc3)c2=O)c(OC)c1. The van der Waals surface area contributed by atoms with Gasteiger partial charge in [-0.05, 0) is 24.3 Å². The van der Waals surface area contributed by atoms with E-state index in [2.05, 4.69) is 10.3 Å². The van der Waals surface area contributed by atoms with Crippen LogP contribution in [-0.2, 0) is 9.47 Å². The van der Waals surface area contributed by atoms with Gasteiger partial charge in [0.1, 0.15) is 35.6 Å². The summed E-state index contributed by atoms with van der Waals surface area (Å²) in [5.41, 5.74) is 0.971. The Hall–Kier alpha value is -3.61. The van der Waals surface area contributed by atoms with Crippen LogP contribution in [0.25, 0.3) is 16.3 Å². The fraction of sp³-hybridized carbons (Fsp3) is 0.182. The Bertz CT molecular complexity index is 1380. The Labute approximate surface area is 211 Å². The van der Waals surface area contributed by atoms with Crippen molar-refractivity contribution in [2.45, 2.75) is 0 Å². The second-order valence-corrected chi connectivity index (χ2v) is 9.30. The van der Waals surface area contributed by atoms with Crippen molar-refractivity contribution in [2.75, 3.05) is 32.8 Å². The molecule has 0 saturated carbocycles. The Morgan fingerprint density at radius 2 is 1.91 bits per heavy atom. The molecule has 0 atom stereocenters. The lowest BCUT2D eigenvalue weighted by Gasteiger charge is -2.11. The smallest absolute Gasteiger partial charge is 0.411 e. The van der Waals surface area contributed by atoms with Crippen molar-refractivity contribution in [1.29, 1.82) is 0 Å². The molecule has 0 unspecified atom stereocenters. The lowest BCUT2D eigenvalue weighted by molar-refractivity contribution is 0.0412. The highest BCUT2D eigenvalue weighted by molar-refractivity contribution is 7.70. The predicted molar refractivity (Wildman–Crippen MR) is 132 cm³/mol. The summed E-state index contributed by atoms with van der Waals surface area (Å²) >= 11 is 5.69. The van der Waals surface area contributed by atoms with Crippen LogP contribution in [0.3, 0.4) is 0 Å². The Morgan fingerprint density at radius 1 is 1.11 bits per heavy atom. The number of aromatic nitrogens is 2. The van der Waals surface area contributed by atoms with Crippen LogP contribution in [0.15, 0.2) is 46.7 Å². The van der Waals surface area contributed by atoms with Gasteiger partial charge in [-0.15, -0.1) is 0 Å². The van der Waals surface area contributed by atoms with Crippen LogP contribution < -0.4 is 20.3 Å². The van der Waals surface area contributed by atoms with Gasteiger partial charge in [0.25, 0.3) is 5.56 Å². The molecule has 13 heteroatoms. The van der Waals surface area contributed by atoms with Crippen molar-refractivity contribution in [3.05, 3.63) is 63.0 Å². The van der Waals surface area contributed by atoms with E-state index in [1.165, 1.54) is 57.8 Å². The largest absolute Gasteiger partial charge is 0.497 e. The van der Waals surface area contributed by atoms with Crippen molar-refractivity contribution in [1.82, 2.24) is 9.55 Å². The molecule has 0 fully saturated rings. The number of methoxy groups -OCH3 is 2. The topological polar surface area (TPSA) is 118 Å². The van der Waals surface area contributed by atoms with Crippen molar-refractivity contribution in [3.8, 4) is 27.8 Å². The highest BCUT2D eigenvalue weighted by Gasteiger charge is 2.27. The summed E-state index contributed by atoms with van der Waals surface area (Å²) in [6.07, 6.45) is 0.425. The minimum absolute atomic E-state index is 0.0818. The highest BCUT2D eigenvalue weighted by atomic mass is 35.5. The van der Waals surface area contributed by atoms with Crippen LogP contribution in [0.4, 0.5) is 10.5 Å². The zero-order valence-electron chi connectivity index (χ0n) is 18.4. The third kappa shape index (κ3) is 5.24. The summed E-state index contributed by atoms with van der Waals surface area (Å²) in [5, 5.41) is 4.57. The summed E-state index contributed by atoms with van der Waals surface area (Å²) in [4.78, 5) is 42.0. The average molecular weight is 536 g/mol. The standard InChI is InChI=1S/C22H18ClN3O7S2/c1-30-13-4-5-14(16(9-13)31-2)26-15-11-34-35-19(15)18(20(26)27)25-22(29)33-8-7-32-21(28)12-3-6-17(23)24-10-12/h3-6,9-11H,7-8H2,1-2H3,(H,25,29). The van der Waals surface area contributed by atoms with E-state index < -0.39 is 17.6 Å². The maximum absolute atomic E-state index is 13.2. The number of benzene rings is 1. The maximum atomic E-state index is 13.2. The second kappa shape index (κ2) is 10.8. The fourth-order valence-corrected chi connectivity index (χ4v) is 5.48. The van der Waals surface area contributed by atoms with Gasteiger partial charge in [0.2, 0.25) is 0 Å². The molecule has 1 amide bonds. The number of pyridine rings is 1. The first kappa shape index (κ1) is 24.5. The van der Waals surface area contributed by atoms with Gasteiger partial charge in [-0.3, -0.25) is 14.7 Å². The number of rotatable bonds is 8. The molecule has 2 aromatic rings. The Morgan fingerprint density at radius 3 is 2.63 bits per heavy atom. The van der Waals surface area contributed by atoms with E-state index in [0.717, 1.165) is 0 Å². The number of fused-ring (bicyclic) bond motifs is 1. The molecule has 1 aromatic carbocycles. The number of hydrogen-bond acceptors (Lipinski definition) is 10. The van der Waals surface area contributed by atoms with E-state index in [-0.39, 0.29) is 29.6 Å². The molecular formula is C22H18ClN3O7S2. The number of carbonyl (C=O) groups excluding carboxylic acids is 2. The van der Waals surface area contributed by atoms with Crippen LogP contribution in [0, 0.1) is 0 Å². The number of ether oxygens (including phenoxy) is 4. The molecule has 2 aliphatic rings. The highest BCUT2D eigenvalue weighted by Crippen LogP contribution is 2.40. The fourth-order valence-electron chi connectivity index (χ4n) is 3.16. The van der Waals surface area contributed by atoms with Crippen LogP contribution in [0.2, 0.25) is 5.15 Å². The van der Waals surface area contributed by atoms with E-state index in [1.807, 2.05) is 5.38 Å². The van der Waals surface area contributed by atoms with E-state index in [9.17, 15) is 14.4 Å². The van der Waals surface area contributed by atoms with E-state index in [0.29, 0.717) is 27.8 Å². The van der Waals surface area contributed by atoms with Crippen LogP contribution in [0.1, 0.15) is 10.4 Å². The first-order chi connectivity index (χ1) is 16.9. The third-order valence-electron chi connectivity index (χ3n) is 4.78. The van der Waals surface area contributed by atoms with Gasteiger partial charge in [0.15, 0.2) is 0 Å². The number of esters is 1. The number of amides is 1. The zero-order chi connectivity index (χ0) is 24.9. The molecule has 0 radical (unpaired) electrons. The normalized spacial score (nSPS) is 10.7. The van der Waals surface area contributed by atoms with Crippen LogP contribution in [-0.4, -0.2) is 49.0 Å². The molecule has 2 aliphatic heterocycles. The molecular weight excluding hydrogens is 518 g/mol. The van der Waals surface area contributed by atoms with Crippen molar-refractivity contribution in [2.24, 2.45) is 0 Å². The van der Waals surface area contributed by atoms with E-state index in [4.69, 9.17) is 30.5 Å². The molecule has 182 valence electrons. The quantitative estimate of drug-likeness (QED) is 0.151. The molecule has 0 saturated heterocycles. The van der Waals surface area contributed by atoms with Gasteiger partial charge in [-0.1, -0.05) is 32.3 Å². The van der Waals surface area contributed by atoms with E-state index in [1.54, 1.807) is 18.2 Å². The molecule has 0 bridgehead atoms. The van der Waals surface area contributed by atoms with Gasteiger partial charge < -0.3 is 18.9 Å². The van der Waals surface area contributed by atoms with Gasteiger partial charge in [0.05, 0.1) is 36.0 Å².